The number of benzene rings is 1. The van der Waals surface area contributed by atoms with E-state index in [1.807, 2.05) is 12.1 Å². The molecule has 1 saturated carbocycles. The molecule has 6 heteroatoms. The van der Waals surface area contributed by atoms with Crippen LogP contribution in [-0.2, 0) is 21.3 Å². The average molecular weight is 310 g/mol. The van der Waals surface area contributed by atoms with Crippen LogP contribution in [0.2, 0.25) is 0 Å². The van der Waals surface area contributed by atoms with Crippen molar-refractivity contribution >= 4 is 10.0 Å². The van der Waals surface area contributed by atoms with Gasteiger partial charge in [-0.25, -0.2) is 8.42 Å². The third-order valence-corrected chi connectivity index (χ3v) is 6.22. The fourth-order valence-corrected chi connectivity index (χ4v) is 4.19. The summed E-state index contributed by atoms with van der Waals surface area (Å²) in [6, 6.07) is 7.77. The molecule has 0 radical (unpaired) electrons. The maximum absolute atomic E-state index is 12.8. The van der Waals surface area contributed by atoms with Crippen LogP contribution in [0.25, 0.3) is 0 Å². The third-order valence-electron chi connectivity index (χ3n) is 4.21. The van der Waals surface area contributed by atoms with Gasteiger partial charge in [-0.3, -0.25) is 0 Å². The van der Waals surface area contributed by atoms with E-state index < -0.39 is 10.0 Å². The van der Waals surface area contributed by atoms with Crippen molar-refractivity contribution in [2.24, 2.45) is 0 Å². The maximum atomic E-state index is 12.8. The van der Waals surface area contributed by atoms with Gasteiger partial charge in [0.25, 0.3) is 0 Å². The zero-order valence-corrected chi connectivity index (χ0v) is 13.1. The Morgan fingerprint density at radius 3 is 2.71 bits per heavy atom. The molecule has 1 aliphatic carbocycles. The lowest BCUT2D eigenvalue weighted by molar-refractivity contribution is 0.181. The van der Waals surface area contributed by atoms with E-state index in [-0.39, 0.29) is 6.04 Å². The predicted octanol–water partition coefficient (Wildman–Crippen LogP) is 1.35. The molecule has 0 spiro atoms. The summed E-state index contributed by atoms with van der Waals surface area (Å²) in [6.07, 6.45) is 3.14. The summed E-state index contributed by atoms with van der Waals surface area (Å²) in [6.45, 7) is 1.72. The van der Waals surface area contributed by atoms with E-state index in [2.05, 4.69) is 5.32 Å². The molecule has 0 aromatic heterocycles. The Bertz CT molecular complexity index is 593. The first kappa shape index (κ1) is 15.0. The number of likely N-dealkylation sites (N-methyl/N-ethyl adjacent to an activating group) is 1. The van der Waals surface area contributed by atoms with Crippen LogP contribution in [0.4, 0.5) is 0 Å². The Labute approximate surface area is 126 Å². The number of sulfonamides is 1. The highest BCUT2D eigenvalue weighted by Gasteiger charge is 2.32. The molecule has 116 valence electrons. The molecule has 3 rings (SSSR count). The molecule has 1 unspecified atom stereocenters. The van der Waals surface area contributed by atoms with Crippen molar-refractivity contribution in [1.82, 2.24) is 9.62 Å². The number of rotatable bonds is 6. The highest BCUT2D eigenvalue weighted by Crippen LogP contribution is 2.25. The fourth-order valence-electron chi connectivity index (χ4n) is 2.60. The summed E-state index contributed by atoms with van der Waals surface area (Å²) in [5.41, 5.74) is 0.843. The van der Waals surface area contributed by atoms with Crippen LogP contribution in [0.3, 0.4) is 0 Å². The second-order valence-corrected chi connectivity index (χ2v) is 7.77. The van der Waals surface area contributed by atoms with Crippen LogP contribution < -0.4 is 5.32 Å². The normalized spacial score (nSPS) is 22.9. The lowest BCUT2D eigenvalue weighted by Gasteiger charge is -2.24. The third kappa shape index (κ3) is 3.29. The molecule has 1 saturated heterocycles. The van der Waals surface area contributed by atoms with Crippen LogP contribution in [0.5, 0.6) is 0 Å². The fraction of sp³-hybridized carbons (Fsp3) is 0.600. The molecule has 21 heavy (non-hydrogen) atoms. The zero-order chi connectivity index (χ0) is 14.9. The molecule has 1 heterocycles. The van der Waals surface area contributed by atoms with E-state index in [1.54, 1.807) is 19.2 Å². The topological polar surface area (TPSA) is 58.6 Å². The first-order chi connectivity index (χ1) is 10.1. The van der Waals surface area contributed by atoms with Gasteiger partial charge < -0.3 is 10.1 Å². The largest absolute Gasteiger partial charge is 0.380 e. The van der Waals surface area contributed by atoms with E-state index in [4.69, 9.17) is 4.74 Å². The molecule has 2 aliphatic rings. The van der Waals surface area contributed by atoms with Gasteiger partial charge >= 0.3 is 0 Å². The lowest BCUT2D eigenvalue weighted by Crippen LogP contribution is -2.38. The highest BCUT2D eigenvalue weighted by atomic mass is 32.2. The van der Waals surface area contributed by atoms with Crippen molar-refractivity contribution in [3.63, 3.8) is 0 Å². The molecule has 1 aliphatic heterocycles. The summed E-state index contributed by atoms with van der Waals surface area (Å²) in [4.78, 5) is 0.410. The second kappa shape index (κ2) is 6.04. The zero-order valence-electron chi connectivity index (χ0n) is 12.3. The highest BCUT2D eigenvalue weighted by molar-refractivity contribution is 7.89. The van der Waals surface area contributed by atoms with E-state index >= 15 is 0 Å². The van der Waals surface area contributed by atoms with Crippen LogP contribution in [0.1, 0.15) is 24.8 Å². The van der Waals surface area contributed by atoms with Gasteiger partial charge in [0, 0.05) is 26.2 Å². The lowest BCUT2D eigenvalue weighted by atomic mass is 10.2. The number of nitrogens with zero attached hydrogens (tertiary/aromatic N) is 1. The van der Waals surface area contributed by atoms with Crippen molar-refractivity contribution in [2.45, 2.75) is 42.8 Å². The predicted molar refractivity (Wildman–Crippen MR) is 80.5 cm³/mol. The Balaban J connectivity index is 1.82. The van der Waals surface area contributed by atoms with Gasteiger partial charge in [0.2, 0.25) is 10.0 Å². The second-order valence-electron chi connectivity index (χ2n) is 5.80. The van der Waals surface area contributed by atoms with E-state index in [0.29, 0.717) is 30.7 Å². The van der Waals surface area contributed by atoms with E-state index in [9.17, 15) is 8.42 Å². The Morgan fingerprint density at radius 2 is 2.05 bits per heavy atom. The van der Waals surface area contributed by atoms with Gasteiger partial charge in [0.1, 0.15) is 0 Å². The Hall–Kier alpha value is -0.950. The molecule has 0 amide bonds. The van der Waals surface area contributed by atoms with E-state index in [0.717, 1.165) is 12.0 Å². The average Bonchev–Trinajstić information content (AvgIpc) is 3.16. The minimum atomic E-state index is -3.47. The van der Waals surface area contributed by atoms with Crippen LogP contribution in [0.15, 0.2) is 29.2 Å². The molecule has 2 fully saturated rings. The Kier molecular flexibility index (Phi) is 4.31. The van der Waals surface area contributed by atoms with Crippen molar-refractivity contribution in [1.29, 1.82) is 0 Å². The molecule has 5 nitrogen and oxygen atoms in total. The number of nitrogens with one attached hydrogen (secondary N) is 1. The monoisotopic (exact) mass is 310 g/mol. The molecule has 0 bridgehead atoms. The smallest absolute Gasteiger partial charge is 0.243 e. The van der Waals surface area contributed by atoms with Crippen molar-refractivity contribution < 1.29 is 13.2 Å². The summed E-state index contributed by atoms with van der Waals surface area (Å²) < 4.78 is 32.5. The standard InChI is InChI=1S/C15H22N2O3S/c1-17(14-8-9-20-11-14)21(18,19)15-5-3-2-4-12(15)10-16-13-6-7-13/h2-5,13-14,16H,6-11H2,1H3. The minimum absolute atomic E-state index is 0.0561. The van der Waals surface area contributed by atoms with Gasteiger partial charge in [-0.2, -0.15) is 4.31 Å². The van der Waals surface area contributed by atoms with Gasteiger partial charge in [-0.05, 0) is 30.9 Å². The van der Waals surface area contributed by atoms with Crippen LogP contribution in [0, 0.1) is 0 Å². The van der Waals surface area contributed by atoms with Gasteiger partial charge in [0.05, 0.1) is 17.5 Å². The number of hydrogen-bond acceptors (Lipinski definition) is 4. The summed E-state index contributed by atoms with van der Waals surface area (Å²) in [5.74, 6) is 0. The number of hydrogen-bond donors (Lipinski definition) is 1. The van der Waals surface area contributed by atoms with Crippen molar-refractivity contribution in [3.05, 3.63) is 29.8 Å². The molecule has 1 aromatic rings. The SMILES string of the molecule is CN(C1CCOC1)S(=O)(=O)c1ccccc1CNC1CC1. The first-order valence-corrected chi connectivity index (χ1v) is 8.90. The van der Waals surface area contributed by atoms with E-state index in [1.165, 1.54) is 17.1 Å². The molecule has 1 atom stereocenters. The Morgan fingerprint density at radius 1 is 1.29 bits per heavy atom. The molecule has 1 N–H and O–H groups in total. The molecular formula is C15H22N2O3S. The summed E-state index contributed by atoms with van der Waals surface area (Å²) >= 11 is 0. The van der Waals surface area contributed by atoms with Crippen molar-refractivity contribution in [3.8, 4) is 0 Å². The molecular weight excluding hydrogens is 288 g/mol. The number of ether oxygens (including phenoxy) is 1. The quantitative estimate of drug-likeness (QED) is 0.861. The minimum Gasteiger partial charge on any atom is -0.380 e. The van der Waals surface area contributed by atoms with Gasteiger partial charge in [0.15, 0.2) is 0 Å². The maximum Gasteiger partial charge on any atom is 0.243 e. The van der Waals surface area contributed by atoms with Crippen LogP contribution in [-0.4, -0.2) is 45.1 Å². The summed E-state index contributed by atoms with van der Waals surface area (Å²) in [7, 11) is -1.81. The van der Waals surface area contributed by atoms with Gasteiger partial charge in [-0.1, -0.05) is 18.2 Å². The van der Waals surface area contributed by atoms with Crippen molar-refractivity contribution in [2.75, 3.05) is 20.3 Å². The molecule has 1 aromatic carbocycles. The first-order valence-electron chi connectivity index (χ1n) is 7.46. The van der Waals surface area contributed by atoms with Gasteiger partial charge in [-0.15, -0.1) is 0 Å². The summed E-state index contributed by atoms with van der Waals surface area (Å²) in [5, 5.41) is 3.39. The van der Waals surface area contributed by atoms with Crippen LogP contribution >= 0.6 is 0 Å².